The first-order valence-corrected chi connectivity index (χ1v) is 22.2. The van der Waals surface area contributed by atoms with Crippen LogP contribution in [0.2, 0.25) is 0 Å². The molecule has 0 fully saturated rings. The second-order valence-corrected chi connectivity index (χ2v) is 21.3. The van der Waals surface area contributed by atoms with Crippen LogP contribution in [-0.4, -0.2) is 49.3 Å². The van der Waals surface area contributed by atoms with E-state index >= 15 is 0 Å². The molecule has 0 spiro atoms. The van der Waals surface area contributed by atoms with Crippen LogP contribution in [0.1, 0.15) is 171 Å². The van der Waals surface area contributed by atoms with Gasteiger partial charge in [0.05, 0.1) is 49.3 Å². The zero-order valence-electron chi connectivity index (χ0n) is 27.3. The summed E-state index contributed by atoms with van der Waals surface area (Å²) in [5.74, 6) is 0. The molecule has 0 radical (unpaired) electrons. The molecular weight excluding hydrogens is 470 g/mol. The molecule has 0 rings (SSSR count). The Morgan fingerprint density at radius 3 is 0.806 bits per heavy atom. The van der Waals surface area contributed by atoms with Crippen molar-refractivity contribution in [2.45, 2.75) is 171 Å². The van der Waals surface area contributed by atoms with Crippen LogP contribution in [0.5, 0.6) is 0 Å². The van der Waals surface area contributed by atoms with E-state index in [1.807, 2.05) is 0 Å². The molecule has 0 aliphatic rings. The monoisotopic (exact) mass is 547 g/mol. The topological polar surface area (TPSA) is 0 Å². The molecule has 0 aromatic heterocycles. The van der Waals surface area contributed by atoms with Gasteiger partial charge in [-0.05, 0) is 65.7 Å². The summed E-state index contributed by atoms with van der Waals surface area (Å²) in [6.45, 7) is 19.0. The molecule has 0 aliphatic carbocycles. The van der Waals surface area contributed by atoms with E-state index in [2.05, 4.69) is 55.4 Å². The van der Waals surface area contributed by atoms with E-state index in [-0.39, 0.29) is 0 Å². The van der Waals surface area contributed by atoms with Crippen LogP contribution < -0.4 is 0 Å². The van der Waals surface area contributed by atoms with Crippen LogP contribution in [0.25, 0.3) is 0 Å². The second kappa shape index (κ2) is 28.9. The molecule has 0 aromatic carbocycles. The molecule has 0 unspecified atom stereocenters. The molecule has 0 nitrogen and oxygen atoms in total. The highest BCUT2D eigenvalue weighted by Gasteiger charge is 2.34. The van der Waals surface area contributed by atoms with Gasteiger partial charge in [-0.15, -0.1) is 0 Å². The van der Waals surface area contributed by atoms with E-state index in [4.69, 9.17) is 0 Å². The van der Waals surface area contributed by atoms with E-state index in [1.165, 1.54) is 134 Å². The van der Waals surface area contributed by atoms with E-state index in [0.29, 0.717) is 0 Å². The van der Waals surface area contributed by atoms with Crippen molar-refractivity contribution in [3.63, 3.8) is 0 Å². The summed E-state index contributed by atoms with van der Waals surface area (Å²) in [6.07, 6.45) is 38.7. The molecule has 0 N–H and O–H groups in total. The fourth-order valence-corrected chi connectivity index (χ4v) is 14.1. The molecule has 0 aromatic rings. The molecule has 0 aliphatic heterocycles. The molecule has 0 saturated carbocycles. The first-order chi connectivity index (χ1) is 17.5. The lowest BCUT2D eigenvalue weighted by Gasteiger charge is -2.28. The summed E-state index contributed by atoms with van der Waals surface area (Å²) in [4.78, 5) is 0. The molecule has 220 valence electrons. The summed E-state index contributed by atoms with van der Waals surface area (Å²) in [5.41, 5.74) is 0. The highest BCUT2D eigenvalue weighted by atomic mass is 31.2. The third-order valence-corrected chi connectivity index (χ3v) is 19.3. The first kappa shape index (κ1) is 39.0. The van der Waals surface area contributed by atoms with Crippen molar-refractivity contribution in [2.75, 3.05) is 49.3 Å². The van der Waals surface area contributed by atoms with Crippen molar-refractivity contribution in [3.05, 3.63) is 0 Å². The fourth-order valence-electron chi connectivity index (χ4n) is 5.75. The Morgan fingerprint density at radius 1 is 0.250 bits per heavy atom. The molecule has 0 heterocycles. The fraction of sp³-hybridized carbons (Fsp3) is 1.00. The molecule has 0 saturated heterocycles. The summed E-state index contributed by atoms with van der Waals surface area (Å²) < 4.78 is 0. The minimum absolute atomic E-state index is 0.494. The maximum absolute atomic E-state index is 2.41. The molecule has 0 atom stereocenters. The van der Waals surface area contributed by atoms with Gasteiger partial charge in [-0.25, -0.2) is 0 Å². The Labute approximate surface area is 234 Å². The van der Waals surface area contributed by atoms with E-state index in [9.17, 15) is 0 Å². The first-order valence-electron chi connectivity index (χ1n) is 17.2. The lowest BCUT2D eigenvalue weighted by atomic mass is 10.1. The number of hydrogen-bond acceptors (Lipinski definition) is 0. The molecule has 0 amide bonds. The SMILES string of the molecule is CCCCCCCC[P+](CC)(CC)CC.CCCCCCCC[P+](CCCC)(CCCC)CCCC. The van der Waals surface area contributed by atoms with Crippen molar-refractivity contribution in [2.24, 2.45) is 0 Å². The Balaban J connectivity index is 0. The van der Waals surface area contributed by atoms with E-state index in [0.717, 1.165) is 0 Å². The van der Waals surface area contributed by atoms with Gasteiger partial charge in [0.1, 0.15) is 0 Å². The van der Waals surface area contributed by atoms with Crippen LogP contribution in [0.4, 0.5) is 0 Å². The van der Waals surface area contributed by atoms with Crippen LogP contribution >= 0.6 is 14.5 Å². The Kier molecular flexibility index (Phi) is 31.3. The summed E-state index contributed by atoms with van der Waals surface area (Å²) in [5, 5.41) is 0. The van der Waals surface area contributed by atoms with Gasteiger partial charge < -0.3 is 0 Å². The number of unbranched alkanes of at least 4 members (excludes halogenated alkanes) is 13. The lowest BCUT2D eigenvalue weighted by molar-refractivity contribution is 0.624. The number of rotatable bonds is 26. The molecule has 36 heavy (non-hydrogen) atoms. The molecular formula is C34H76P2+2. The van der Waals surface area contributed by atoms with Crippen molar-refractivity contribution < 1.29 is 0 Å². The predicted molar refractivity (Wildman–Crippen MR) is 181 cm³/mol. The maximum Gasteiger partial charge on any atom is 0.0594 e. The van der Waals surface area contributed by atoms with E-state index in [1.54, 1.807) is 30.8 Å². The maximum atomic E-state index is 2.41. The summed E-state index contributed by atoms with van der Waals surface area (Å²) in [6, 6.07) is 0. The van der Waals surface area contributed by atoms with Gasteiger partial charge >= 0.3 is 0 Å². The van der Waals surface area contributed by atoms with Gasteiger partial charge in [0.15, 0.2) is 0 Å². The predicted octanol–water partition coefficient (Wildman–Crippen LogP) is 13.2. The normalized spacial score (nSPS) is 12.0. The van der Waals surface area contributed by atoms with Crippen LogP contribution in [0.3, 0.4) is 0 Å². The second-order valence-electron chi connectivity index (χ2n) is 11.8. The Bertz CT molecular complexity index is 372. The third kappa shape index (κ3) is 21.8. The van der Waals surface area contributed by atoms with Crippen molar-refractivity contribution in [1.82, 2.24) is 0 Å². The Morgan fingerprint density at radius 2 is 0.500 bits per heavy atom. The lowest BCUT2D eigenvalue weighted by Crippen LogP contribution is -2.13. The minimum Gasteiger partial charge on any atom is -0.0654 e. The van der Waals surface area contributed by atoms with Gasteiger partial charge in [-0.1, -0.05) is 105 Å². The largest absolute Gasteiger partial charge is 0.0654 e. The zero-order chi connectivity index (χ0) is 27.4. The van der Waals surface area contributed by atoms with Gasteiger partial charge in [0.25, 0.3) is 0 Å². The van der Waals surface area contributed by atoms with Gasteiger partial charge in [-0.2, -0.15) is 0 Å². The number of hydrogen-bond donors (Lipinski definition) is 0. The van der Waals surface area contributed by atoms with Gasteiger partial charge in [-0.3, -0.25) is 0 Å². The van der Waals surface area contributed by atoms with Crippen LogP contribution in [-0.2, 0) is 0 Å². The molecule has 2 heteroatoms. The van der Waals surface area contributed by atoms with Crippen molar-refractivity contribution >= 4 is 14.5 Å². The third-order valence-electron chi connectivity index (χ3n) is 8.94. The highest BCUT2D eigenvalue weighted by molar-refractivity contribution is 7.76. The van der Waals surface area contributed by atoms with Crippen molar-refractivity contribution in [1.29, 1.82) is 0 Å². The zero-order valence-corrected chi connectivity index (χ0v) is 29.1. The average molecular weight is 547 g/mol. The summed E-state index contributed by atoms with van der Waals surface area (Å²) in [7, 11) is -1.10. The van der Waals surface area contributed by atoms with Crippen LogP contribution in [0.15, 0.2) is 0 Å². The minimum atomic E-state index is -0.601. The van der Waals surface area contributed by atoms with Crippen LogP contribution in [0, 0.1) is 0 Å². The van der Waals surface area contributed by atoms with Crippen molar-refractivity contribution in [3.8, 4) is 0 Å². The average Bonchev–Trinajstić information content (AvgIpc) is 2.91. The summed E-state index contributed by atoms with van der Waals surface area (Å²) >= 11 is 0. The van der Waals surface area contributed by atoms with E-state index < -0.39 is 14.5 Å². The Hall–Kier alpha value is 0.860. The quantitative estimate of drug-likeness (QED) is 0.0747. The standard InChI is InChI=1S/C20H44P.C14H32P/c1-5-9-13-14-15-16-20-21(17-10-6-2,18-11-7-3)19-12-8-4;1-5-9-10-11-12-13-14-15(6-2,7-3)8-4/h5-20H2,1-4H3;5-14H2,1-4H3/q2*+1. The highest BCUT2D eigenvalue weighted by Crippen LogP contribution is 2.61. The van der Waals surface area contributed by atoms with Gasteiger partial charge in [0, 0.05) is 14.5 Å². The smallest absolute Gasteiger partial charge is 0.0594 e. The molecule has 0 bridgehead atoms. The van der Waals surface area contributed by atoms with Gasteiger partial charge in [0.2, 0.25) is 0 Å².